The third-order valence-electron chi connectivity index (χ3n) is 4.56. The Morgan fingerprint density at radius 2 is 1.97 bits per heavy atom. The van der Waals surface area contributed by atoms with Gasteiger partial charge in [0, 0.05) is 24.2 Å². The van der Waals surface area contributed by atoms with Crippen LogP contribution in [-0.4, -0.2) is 32.2 Å². The number of hydrogen-bond acceptors (Lipinski definition) is 5. The SMILES string of the molecule is CCOc1ccc(Cn2c(-c3ccc([N+](=O)[O-])cc3)nc(Cl)c2CC(=O)O)cc1C. The number of imidazole rings is 1. The van der Waals surface area contributed by atoms with Gasteiger partial charge in [-0.05, 0) is 43.2 Å². The summed E-state index contributed by atoms with van der Waals surface area (Å²) in [7, 11) is 0. The molecule has 1 N–H and O–H groups in total. The standard InChI is InChI=1S/C21H20ClN3O5/c1-3-30-18-9-4-14(10-13(18)2)12-24-17(11-19(26)27)20(22)23-21(24)15-5-7-16(8-6-15)25(28)29/h4-10H,3,11-12H2,1-2H3,(H,26,27). The van der Waals surface area contributed by atoms with Crippen LogP contribution in [0, 0.1) is 17.0 Å². The van der Waals surface area contributed by atoms with Crippen molar-refractivity contribution in [3.05, 3.63) is 74.6 Å². The molecule has 2 aromatic carbocycles. The van der Waals surface area contributed by atoms with Gasteiger partial charge in [0.05, 0.1) is 23.6 Å². The fourth-order valence-corrected chi connectivity index (χ4v) is 3.45. The summed E-state index contributed by atoms with van der Waals surface area (Å²) in [6.07, 6.45) is -0.297. The smallest absolute Gasteiger partial charge is 0.309 e. The first-order valence-electron chi connectivity index (χ1n) is 9.24. The van der Waals surface area contributed by atoms with Crippen molar-refractivity contribution in [3.63, 3.8) is 0 Å². The van der Waals surface area contributed by atoms with Crippen molar-refractivity contribution in [1.29, 1.82) is 0 Å². The Kier molecular flexibility index (Phi) is 6.37. The minimum absolute atomic E-state index is 0.0455. The summed E-state index contributed by atoms with van der Waals surface area (Å²) in [5.41, 5.74) is 2.79. The number of hydrogen-bond donors (Lipinski definition) is 1. The maximum Gasteiger partial charge on any atom is 0.309 e. The summed E-state index contributed by atoms with van der Waals surface area (Å²) in [6.45, 7) is 4.74. The number of rotatable bonds is 8. The molecule has 0 unspecified atom stereocenters. The monoisotopic (exact) mass is 429 g/mol. The first-order chi connectivity index (χ1) is 14.3. The second kappa shape index (κ2) is 8.96. The molecule has 0 amide bonds. The van der Waals surface area contributed by atoms with Crippen LogP contribution >= 0.6 is 11.6 Å². The number of aromatic nitrogens is 2. The van der Waals surface area contributed by atoms with Gasteiger partial charge in [0.1, 0.15) is 11.6 Å². The Morgan fingerprint density at radius 1 is 1.27 bits per heavy atom. The molecule has 0 spiro atoms. The van der Waals surface area contributed by atoms with Crippen LogP contribution in [0.1, 0.15) is 23.7 Å². The maximum atomic E-state index is 11.4. The van der Waals surface area contributed by atoms with Crippen molar-refractivity contribution < 1.29 is 19.6 Å². The van der Waals surface area contributed by atoms with E-state index in [-0.39, 0.29) is 17.3 Å². The molecule has 0 atom stereocenters. The number of carboxylic acids is 1. The molecular formula is C21H20ClN3O5. The van der Waals surface area contributed by atoms with E-state index in [2.05, 4.69) is 4.98 Å². The Morgan fingerprint density at radius 3 is 2.53 bits per heavy atom. The van der Waals surface area contributed by atoms with Crippen molar-refractivity contribution in [2.75, 3.05) is 6.61 Å². The first kappa shape index (κ1) is 21.3. The molecule has 0 saturated heterocycles. The second-order valence-electron chi connectivity index (χ2n) is 6.67. The zero-order valence-corrected chi connectivity index (χ0v) is 17.2. The van der Waals surface area contributed by atoms with Crippen molar-refractivity contribution in [2.45, 2.75) is 26.8 Å². The lowest BCUT2D eigenvalue weighted by Crippen LogP contribution is -2.11. The van der Waals surface area contributed by atoms with E-state index in [0.717, 1.165) is 16.9 Å². The summed E-state index contributed by atoms with van der Waals surface area (Å²) < 4.78 is 7.30. The van der Waals surface area contributed by atoms with Crippen molar-refractivity contribution in [1.82, 2.24) is 9.55 Å². The summed E-state index contributed by atoms with van der Waals surface area (Å²) in [5, 5.41) is 20.3. The first-order valence-corrected chi connectivity index (χ1v) is 9.61. The van der Waals surface area contributed by atoms with Gasteiger partial charge in [-0.1, -0.05) is 23.7 Å². The molecule has 0 radical (unpaired) electrons. The third kappa shape index (κ3) is 4.60. The highest BCUT2D eigenvalue weighted by Gasteiger charge is 2.20. The van der Waals surface area contributed by atoms with Gasteiger partial charge in [-0.25, -0.2) is 4.98 Å². The number of aryl methyl sites for hydroxylation is 1. The number of aliphatic carboxylic acids is 1. The fraction of sp³-hybridized carbons (Fsp3) is 0.238. The highest BCUT2D eigenvalue weighted by atomic mass is 35.5. The van der Waals surface area contributed by atoms with E-state index in [9.17, 15) is 20.0 Å². The third-order valence-corrected chi connectivity index (χ3v) is 4.86. The van der Waals surface area contributed by atoms with E-state index in [1.54, 1.807) is 16.7 Å². The number of nitro benzene ring substituents is 1. The van der Waals surface area contributed by atoms with Gasteiger partial charge >= 0.3 is 5.97 Å². The number of benzene rings is 2. The summed E-state index contributed by atoms with van der Waals surface area (Å²) in [5.74, 6) is 0.195. The summed E-state index contributed by atoms with van der Waals surface area (Å²) in [4.78, 5) is 26.2. The van der Waals surface area contributed by atoms with Crippen LogP contribution in [0.2, 0.25) is 5.15 Å². The molecule has 0 aliphatic rings. The van der Waals surface area contributed by atoms with E-state index in [1.807, 2.05) is 32.0 Å². The van der Waals surface area contributed by atoms with Crippen LogP contribution in [0.5, 0.6) is 5.75 Å². The zero-order chi connectivity index (χ0) is 21.8. The lowest BCUT2D eigenvalue weighted by Gasteiger charge is -2.14. The molecule has 30 heavy (non-hydrogen) atoms. The van der Waals surface area contributed by atoms with Gasteiger partial charge in [-0.2, -0.15) is 0 Å². The lowest BCUT2D eigenvalue weighted by atomic mass is 10.1. The molecule has 0 bridgehead atoms. The van der Waals surface area contributed by atoms with E-state index >= 15 is 0 Å². The molecule has 3 aromatic rings. The molecule has 9 heteroatoms. The van der Waals surface area contributed by atoms with E-state index in [4.69, 9.17) is 16.3 Å². The number of nitro groups is 1. The van der Waals surface area contributed by atoms with Crippen LogP contribution in [0.25, 0.3) is 11.4 Å². The molecule has 3 rings (SSSR count). The largest absolute Gasteiger partial charge is 0.494 e. The number of carbonyl (C=O) groups is 1. The van der Waals surface area contributed by atoms with Crippen LogP contribution in [0.4, 0.5) is 5.69 Å². The van der Waals surface area contributed by atoms with Crippen LogP contribution < -0.4 is 4.74 Å². The average Bonchev–Trinajstić information content (AvgIpc) is 2.99. The van der Waals surface area contributed by atoms with Gasteiger partial charge in [-0.15, -0.1) is 0 Å². The topological polar surface area (TPSA) is 107 Å². The van der Waals surface area contributed by atoms with E-state index in [0.29, 0.717) is 30.2 Å². The molecule has 0 aliphatic carbocycles. The zero-order valence-electron chi connectivity index (χ0n) is 16.5. The predicted molar refractivity (Wildman–Crippen MR) is 112 cm³/mol. The normalized spacial score (nSPS) is 10.8. The van der Waals surface area contributed by atoms with Crippen molar-refractivity contribution in [2.24, 2.45) is 0 Å². The van der Waals surface area contributed by atoms with Crippen LogP contribution in [0.3, 0.4) is 0 Å². The molecule has 156 valence electrons. The van der Waals surface area contributed by atoms with Crippen LogP contribution in [0.15, 0.2) is 42.5 Å². The fourth-order valence-electron chi connectivity index (χ4n) is 3.20. The molecule has 0 saturated carbocycles. The number of non-ortho nitro benzene ring substituents is 1. The maximum absolute atomic E-state index is 11.4. The number of carboxylic acid groups (broad SMARTS) is 1. The van der Waals surface area contributed by atoms with Gasteiger partial charge in [0.15, 0.2) is 5.15 Å². The van der Waals surface area contributed by atoms with Crippen molar-refractivity contribution >= 4 is 23.3 Å². The molecule has 8 nitrogen and oxygen atoms in total. The Bertz CT molecular complexity index is 1090. The molecule has 0 fully saturated rings. The average molecular weight is 430 g/mol. The Hall–Kier alpha value is -3.39. The minimum Gasteiger partial charge on any atom is -0.494 e. The Labute approximate surface area is 177 Å². The number of nitrogens with zero attached hydrogens (tertiary/aromatic N) is 3. The molecule has 0 aliphatic heterocycles. The quantitative estimate of drug-likeness (QED) is 0.417. The lowest BCUT2D eigenvalue weighted by molar-refractivity contribution is -0.384. The minimum atomic E-state index is -1.03. The molecule has 1 aromatic heterocycles. The molecule has 1 heterocycles. The van der Waals surface area contributed by atoms with E-state index < -0.39 is 10.9 Å². The highest BCUT2D eigenvalue weighted by Crippen LogP contribution is 2.29. The van der Waals surface area contributed by atoms with Gasteiger partial charge in [-0.3, -0.25) is 14.9 Å². The van der Waals surface area contributed by atoms with E-state index in [1.165, 1.54) is 12.1 Å². The highest BCUT2D eigenvalue weighted by molar-refractivity contribution is 6.30. The van der Waals surface area contributed by atoms with Gasteiger partial charge in [0.25, 0.3) is 5.69 Å². The van der Waals surface area contributed by atoms with Crippen LogP contribution in [-0.2, 0) is 17.8 Å². The van der Waals surface area contributed by atoms with Crippen molar-refractivity contribution in [3.8, 4) is 17.1 Å². The Balaban J connectivity index is 2.05. The second-order valence-corrected chi connectivity index (χ2v) is 7.02. The summed E-state index contributed by atoms with van der Waals surface area (Å²) >= 11 is 6.27. The molecular weight excluding hydrogens is 410 g/mol. The number of halogens is 1. The summed E-state index contributed by atoms with van der Waals surface area (Å²) in [6, 6.07) is 11.6. The number of ether oxygens (including phenoxy) is 1. The predicted octanol–water partition coefficient (Wildman–Crippen LogP) is 4.49. The van der Waals surface area contributed by atoms with Gasteiger partial charge in [0.2, 0.25) is 0 Å². The van der Waals surface area contributed by atoms with Gasteiger partial charge < -0.3 is 14.4 Å².